The zero-order valence-electron chi connectivity index (χ0n) is 11.5. The van der Waals surface area contributed by atoms with Crippen LogP contribution >= 0.6 is 0 Å². The molecule has 0 radical (unpaired) electrons. The molecule has 2 rings (SSSR count). The topological polar surface area (TPSA) is 88.1 Å². The van der Waals surface area contributed by atoms with Crippen LogP contribution in [0.15, 0.2) is 48.5 Å². The van der Waals surface area contributed by atoms with Gasteiger partial charge in [0, 0.05) is 11.4 Å². The highest BCUT2D eigenvalue weighted by atomic mass is 16.5. The molecule has 0 fully saturated rings. The van der Waals surface area contributed by atoms with Gasteiger partial charge in [-0.05, 0) is 37.3 Å². The minimum absolute atomic E-state index is 0.312. The molecule has 3 N–H and O–H groups in total. The number of benzene rings is 2. The molecule has 1 unspecified atom stereocenters. The molecule has 21 heavy (non-hydrogen) atoms. The van der Waals surface area contributed by atoms with E-state index in [1.165, 1.54) is 0 Å². The first-order valence-corrected chi connectivity index (χ1v) is 6.42. The van der Waals surface area contributed by atoms with Gasteiger partial charge in [0.05, 0.1) is 5.56 Å². The summed E-state index contributed by atoms with van der Waals surface area (Å²) in [5, 5.41) is 11.7. The largest absolute Gasteiger partial charge is 0.480 e. The lowest BCUT2D eigenvalue weighted by molar-refractivity contribution is -0.122. The third-order valence-electron chi connectivity index (χ3n) is 2.83. The summed E-state index contributed by atoms with van der Waals surface area (Å²) in [5.41, 5.74) is 7.21. The number of carbonyl (C=O) groups excluding carboxylic acids is 1. The van der Waals surface area contributed by atoms with Crippen molar-refractivity contribution in [3.63, 3.8) is 0 Å². The molecule has 0 aliphatic rings. The number of nitrogens with zero attached hydrogens (tertiary/aromatic N) is 1. The third kappa shape index (κ3) is 3.74. The van der Waals surface area contributed by atoms with E-state index in [-0.39, 0.29) is 5.91 Å². The number of ether oxygens (including phenoxy) is 1. The number of rotatable bonds is 4. The maximum atomic E-state index is 12.1. The van der Waals surface area contributed by atoms with Gasteiger partial charge in [0.25, 0.3) is 5.91 Å². The van der Waals surface area contributed by atoms with Crippen molar-refractivity contribution in [3.8, 4) is 11.8 Å². The molecular formula is C16H15N3O2. The van der Waals surface area contributed by atoms with E-state index in [1.807, 2.05) is 6.07 Å². The van der Waals surface area contributed by atoms with Gasteiger partial charge in [0.2, 0.25) is 0 Å². The second-order valence-corrected chi connectivity index (χ2v) is 4.48. The summed E-state index contributed by atoms with van der Waals surface area (Å²) >= 11 is 0. The van der Waals surface area contributed by atoms with Crippen LogP contribution in [0.25, 0.3) is 0 Å². The molecule has 0 saturated heterocycles. The number of nitriles is 1. The van der Waals surface area contributed by atoms with E-state index in [2.05, 4.69) is 5.32 Å². The number of hydrogen-bond acceptors (Lipinski definition) is 4. The van der Waals surface area contributed by atoms with Crippen molar-refractivity contribution >= 4 is 17.3 Å². The summed E-state index contributed by atoms with van der Waals surface area (Å²) in [7, 11) is 0. The van der Waals surface area contributed by atoms with Crippen molar-refractivity contribution in [2.24, 2.45) is 0 Å². The molecule has 0 heterocycles. The lowest BCUT2D eigenvalue weighted by Crippen LogP contribution is -2.30. The van der Waals surface area contributed by atoms with Crippen molar-refractivity contribution in [3.05, 3.63) is 54.1 Å². The van der Waals surface area contributed by atoms with Crippen molar-refractivity contribution in [2.75, 3.05) is 11.1 Å². The molecule has 2 aromatic carbocycles. The second-order valence-electron chi connectivity index (χ2n) is 4.48. The van der Waals surface area contributed by atoms with Gasteiger partial charge in [-0.3, -0.25) is 4.79 Å². The quantitative estimate of drug-likeness (QED) is 0.843. The highest BCUT2D eigenvalue weighted by molar-refractivity contribution is 5.94. The summed E-state index contributed by atoms with van der Waals surface area (Å²) in [6.07, 6.45) is -0.735. The first kappa shape index (κ1) is 14.4. The summed E-state index contributed by atoms with van der Waals surface area (Å²) in [5.74, 6) is 0.0727. The average Bonchev–Trinajstić information content (AvgIpc) is 2.47. The molecule has 1 atom stereocenters. The van der Waals surface area contributed by atoms with Gasteiger partial charge in [-0.1, -0.05) is 18.2 Å². The number of hydrogen-bond donors (Lipinski definition) is 2. The first-order chi connectivity index (χ1) is 10.1. The Labute approximate surface area is 123 Å². The molecular weight excluding hydrogens is 266 g/mol. The zero-order chi connectivity index (χ0) is 15.2. The number of nitrogen functional groups attached to an aromatic ring is 1. The summed E-state index contributed by atoms with van der Waals surface area (Å²) in [6, 6.07) is 15.7. The first-order valence-electron chi connectivity index (χ1n) is 6.42. The predicted octanol–water partition coefficient (Wildman–Crippen LogP) is 2.55. The maximum Gasteiger partial charge on any atom is 0.265 e. The Kier molecular flexibility index (Phi) is 4.42. The van der Waals surface area contributed by atoms with E-state index >= 15 is 0 Å². The number of para-hydroxylation sites is 1. The molecule has 2 aromatic rings. The molecule has 106 valence electrons. The van der Waals surface area contributed by atoms with Crippen LogP contribution < -0.4 is 15.8 Å². The van der Waals surface area contributed by atoms with Crippen molar-refractivity contribution in [1.82, 2.24) is 0 Å². The van der Waals surface area contributed by atoms with Crippen LogP contribution in [0.2, 0.25) is 0 Å². The minimum atomic E-state index is -0.735. The van der Waals surface area contributed by atoms with Gasteiger partial charge >= 0.3 is 0 Å². The molecule has 0 bridgehead atoms. The van der Waals surface area contributed by atoms with E-state index in [9.17, 15) is 4.79 Å². The Bertz CT molecular complexity index is 692. The van der Waals surface area contributed by atoms with Crippen LogP contribution in [0, 0.1) is 11.3 Å². The predicted molar refractivity (Wildman–Crippen MR) is 80.7 cm³/mol. The summed E-state index contributed by atoms with van der Waals surface area (Å²) < 4.78 is 5.53. The van der Waals surface area contributed by atoms with Gasteiger partial charge in [0.15, 0.2) is 6.10 Å². The summed E-state index contributed by atoms with van der Waals surface area (Å²) in [4.78, 5) is 12.1. The fraction of sp³-hybridized carbons (Fsp3) is 0.125. The van der Waals surface area contributed by atoms with Crippen LogP contribution in [-0.2, 0) is 4.79 Å². The highest BCUT2D eigenvalue weighted by Crippen LogP contribution is 2.19. The normalized spacial score (nSPS) is 11.2. The van der Waals surface area contributed by atoms with Crippen LogP contribution in [0.1, 0.15) is 12.5 Å². The fourth-order valence-electron chi connectivity index (χ4n) is 1.77. The Hall–Kier alpha value is -3.00. The molecule has 0 saturated carbocycles. The highest BCUT2D eigenvalue weighted by Gasteiger charge is 2.16. The number of nitrogens with two attached hydrogens (primary N) is 1. The van der Waals surface area contributed by atoms with Crippen LogP contribution in [0.4, 0.5) is 11.4 Å². The van der Waals surface area contributed by atoms with E-state index in [1.54, 1.807) is 55.5 Å². The molecule has 0 spiro atoms. The van der Waals surface area contributed by atoms with Crippen LogP contribution in [-0.4, -0.2) is 12.0 Å². The Morgan fingerprint density at radius 1 is 1.29 bits per heavy atom. The molecule has 0 aliphatic heterocycles. The minimum Gasteiger partial charge on any atom is -0.480 e. The van der Waals surface area contributed by atoms with Gasteiger partial charge in [0.1, 0.15) is 11.8 Å². The fourth-order valence-corrected chi connectivity index (χ4v) is 1.77. The van der Waals surface area contributed by atoms with E-state index in [4.69, 9.17) is 15.7 Å². The smallest absolute Gasteiger partial charge is 0.265 e. The standard InChI is InChI=1S/C16H15N3O2/c1-11(21-15-8-3-2-5-12(15)10-17)16(20)19-14-7-4-6-13(18)9-14/h2-9,11H,18H2,1H3,(H,19,20). The van der Waals surface area contributed by atoms with Crippen molar-refractivity contribution in [2.45, 2.75) is 13.0 Å². The number of amides is 1. The monoisotopic (exact) mass is 281 g/mol. The van der Waals surface area contributed by atoms with Gasteiger partial charge in [-0.2, -0.15) is 5.26 Å². The number of nitrogens with one attached hydrogen (secondary N) is 1. The molecule has 0 aliphatic carbocycles. The average molecular weight is 281 g/mol. The number of carbonyl (C=O) groups is 1. The lowest BCUT2D eigenvalue weighted by Gasteiger charge is -2.15. The SMILES string of the molecule is CC(Oc1ccccc1C#N)C(=O)Nc1cccc(N)c1. The number of anilines is 2. The van der Waals surface area contributed by atoms with Crippen LogP contribution in [0.3, 0.4) is 0 Å². The zero-order valence-corrected chi connectivity index (χ0v) is 11.5. The van der Waals surface area contributed by atoms with Crippen LogP contribution in [0.5, 0.6) is 5.75 Å². The molecule has 5 nitrogen and oxygen atoms in total. The van der Waals surface area contributed by atoms with Gasteiger partial charge < -0.3 is 15.8 Å². The van der Waals surface area contributed by atoms with Crippen molar-refractivity contribution in [1.29, 1.82) is 5.26 Å². The Morgan fingerprint density at radius 2 is 2.05 bits per heavy atom. The molecule has 1 amide bonds. The molecule has 0 aromatic heterocycles. The maximum absolute atomic E-state index is 12.1. The van der Waals surface area contributed by atoms with Gasteiger partial charge in [-0.15, -0.1) is 0 Å². The van der Waals surface area contributed by atoms with E-state index in [0.717, 1.165) is 0 Å². The van der Waals surface area contributed by atoms with E-state index in [0.29, 0.717) is 22.7 Å². The van der Waals surface area contributed by atoms with E-state index < -0.39 is 6.10 Å². The van der Waals surface area contributed by atoms with Gasteiger partial charge in [-0.25, -0.2) is 0 Å². The Morgan fingerprint density at radius 3 is 2.76 bits per heavy atom. The third-order valence-corrected chi connectivity index (χ3v) is 2.83. The van der Waals surface area contributed by atoms with Crippen molar-refractivity contribution < 1.29 is 9.53 Å². The summed E-state index contributed by atoms with van der Waals surface area (Å²) in [6.45, 7) is 1.62. The molecule has 5 heteroatoms. The second kappa shape index (κ2) is 6.44. The Balaban J connectivity index is 2.05. The lowest BCUT2D eigenvalue weighted by atomic mass is 10.2.